The second-order valence-electron chi connectivity index (χ2n) is 5.90. The topological polar surface area (TPSA) is 35.5 Å². The molecule has 2 unspecified atom stereocenters. The lowest BCUT2D eigenvalue weighted by molar-refractivity contribution is 0.0766. The third kappa shape index (κ3) is 3.16. The van der Waals surface area contributed by atoms with Crippen molar-refractivity contribution in [2.75, 3.05) is 13.1 Å². The molecule has 3 heteroatoms. The Morgan fingerprint density at radius 3 is 2.60 bits per heavy atom. The van der Waals surface area contributed by atoms with Crippen LogP contribution in [0.3, 0.4) is 0 Å². The van der Waals surface area contributed by atoms with E-state index in [1.54, 1.807) is 0 Å². The monoisotopic (exact) mass is 212 g/mol. The van der Waals surface area contributed by atoms with E-state index in [1.807, 2.05) is 13.8 Å². The van der Waals surface area contributed by atoms with Crippen molar-refractivity contribution >= 4 is 0 Å². The summed E-state index contributed by atoms with van der Waals surface area (Å²) in [4.78, 5) is 2.63. The van der Waals surface area contributed by atoms with Crippen molar-refractivity contribution in [3.8, 4) is 0 Å². The van der Waals surface area contributed by atoms with Crippen LogP contribution in [-0.2, 0) is 0 Å². The lowest BCUT2D eigenvalue weighted by Gasteiger charge is -2.22. The summed E-state index contributed by atoms with van der Waals surface area (Å²) in [6, 6.07) is 2.16. The molecule has 0 radical (unpaired) electrons. The highest BCUT2D eigenvalue weighted by atomic mass is 16.3. The Hall–Kier alpha value is -0.120. The molecule has 0 bridgehead atoms. The maximum absolute atomic E-state index is 9.66. The summed E-state index contributed by atoms with van der Waals surface area (Å²) < 4.78 is 0. The molecule has 1 heterocycles. The number of aliphatic hydroxyl groups is 1. The zero-order chi connectivity index (χ0) is 11.1. The molecule has 0 aromatic heterocycles. The van der Waals surface area contributed by atoms with Crippen molar-refractivity contribution in [2.24, 2.45) is 0 Å². The molecule has 2 fully saturated rings. The van der Waals surface area contributed by atoms with Gasteiger partial charge in [0.2, 0.25) is 0 Å². The van der Waals surface area contributed by atoms with Crippen LogP contribution in [0.25, 0.3) is 0 Å². The standard InChI is InChI=1S/C12H24N2O/c1-9-6-10(13-8-12(2,3)15)7-14(9)11-4-5-11/h9-11,13,15H,4-8H2,1-3H3. The van der Waals surface area contributed by atoms with Gasteiger partial charge in [0.05, 0.1) is 5.60 Å². The van der Waals surface area contributed by atoms with Crippen molar-refractivity contribution in [1.82, 2.24) is 10.2 Å². The van der Waals surface area contributed by atoms with Gasteiger partial charge < -0.3 is 10.4 Å². The summed E-state index contributed by atoms with van der Waals surface area (Å²) in [5.74, 6) is 0. The summed E-state index contributed by atoms with van der Waals surface area (Å²) in [5, 5.41) is 13.1. The maximum Gasteiger partial charge on any atom is 0.0715 e. The Kier molecular flexibility index (Phi) is 3.06. The molecule has 0 spiro atoms. The van der Waals surface area contributed by atoms with Crippen LogP contribution in [0.2, 0.25) is 0 Å². The van der Waals surface area contributed by atoms with Gasteiger partial charge in [0, 0.05) is 31.2 Å². The number of hydrogen-bond acceptors (Lipinski definition) is 3. The summed E-state index contributed by atoms with van der Waals surface area (Å²) in [6.07, 6.45) is 4.01. The first-order valence-corrected chi connectivity index (χ1v) is 6.17. The number of rotatable bonds is 4. The molecule has 1 aliphatic carbocycles. The van der Waals surface area contributed by atoms with E-state index in [4.69, 9.17) is 0 Å². The van der Waals surface area contributed by atoms with Gasteiger partial charge in [-0.25, -0.2) is 0 Å². The van der Waals surface area contributed by atoms with E-state index in [-0.39, 0.29) is 0 Å². The van der Waals surface area contributed by atoms with Gasteiger partial charge in [0.15, 0.2) is 0 Å². The van der Waals surface area contributed by atoms with Crippen LogP contribution in [0.5, 0.6) is 0 Å². The minimum Gasteiger partial charge on any atom is -0.389 e. The minimum atomic E-state index is -0.587. The first kappa shape index (κ1) is 11.4. The Balaban J connectivity index is 1.76. The first-order chi connectivity index (χ1) is 6.96. The molecule has 0 aromatic carbocycles. The van der Waals surface area contributed by atoms with Crippen LogP contribution in [0.1, 0.15) is 40.0 Å². The fraction of sp³-hybridized carbons (Fsp3) is 1.00. The third-order valence-corrected chi connectivity index (χ3v) is 3.46. The fourth-order valence-corrected chi connectivity index (χ4v) is 2.51. The number of hydrogen-bond donors (Lipinski definition) is 2. The lowest BCUT2D eigenvalue weighted by Crippen LogP contribution is -2.42. The summed E-state index contributed by atoms with van der Waals surface area (Å²) in [5.41, 5.74) is -0.587. The van der Waals surface area contributed by atoms with Gasteiger partial charge in [-0.05, 0) is 40.0 Å². The maximum atomic E-state index is 9.66. The quantitative estimate of drug-likeness (QED) is 0.729. The summed E-state index contributed by atoms with van der Waals surface area (Å²) >= 11 is 0. The first-order valence-electron chi connectivity index (χ1n) is 6.17. The smallest absolute Gasteiger partial charge is 0.0715 e. The second kappa shape index (κ2) is 4.04. The van der Waals surface area contributed by atoms with E-state index in [0.717, 1.165) is 12.1 Å². The van der Waals surface area contributed by atoms with Gasteiger partial charge in [-0.2, -0.15) is 0 Å². The van der Waals surface area contributed by atoms with Crippen molar-refractivity contribution in [3.05, 3.63) is 0 Å². The van der Waals surface area contributed by atoms with Crippen LogP contribution in [-0.4, -0.2) is 46.8 Å². The molecule has 1 saturated heterocycles. The van der Waals surface area contributed by atoms with E-state index < -0.39 is 5.60 Å². The molecule has 2 rings (SSSR count). The van der Waals surface area contributed by atoms with E-state index in [2.05, 4.69) is 17.1 Å². The predicted molar refractivity (Wildman–Crippen MR) is 61.9 cm³/mol. The molecule has 2 atom stereocenters. The van der Waals surface area contributed by atoms with Crippen LogP contribution >= 0.6 is 0 Å². The fourth-order valence-electron chi connectivity index (χ4n) is 2.51. The van der Waals surface area contributed by atoms with Crippen LogP contribution in [0, 0.1) is 0 Å². The predicted octanol–water partition coefficient (Wildman–Crippen LogP) is 0.972. The number of nitrogens with zero attached hydrogens (tertiary/aromatic N) is 1. The van der Waals surface area contributed by atoms with Crippen LogP contribution < -0.4 is 5.32 Å². The molecular formula is C12H24N2O. The SMILES string of the molecule is CC1CC(NCC(C)(C)O)CN1C1CC1. The Morgan fingerprint density at radius 1 is 1.40 bits per heavy atom. The summed E-state index contributed by atoms with van der Waals surface area (Å²) in [6.45, 7) is 7.91. The molecule has 3 nitrogen and oxygen atoms in total. The molecule has 2 aliphatic rings. The van der Waals surface area contributed by atoms with Gasteiger partial charge in [-0.1, -0.05) is 0 Å². The van der Waals surface area contributed by atoms with E-state index in [1.165, 1.54) is 25.8 Å². The third-order valence-electron chi connectivity index (χ3n) is 3.46. The van der Waals surface area contributed by atoms with E-state index >= 15 is 0 Å². The molecule has 88 valence electrons. The molecular weight excluding hydrogens is 188 g/mol. The summed E-state index contributed by atoms with van der Waals surface area (Å²) in [7, 11) is 0. The highest BCUT2D eigenvalue weighted by molar-refractivity contribution is 4.96. The van der Waals surface area contributed by atoms with Crippen molar-refractivity contribution < 1.29 is 5.11 Å². The Bertz CT molecular complexity index is 220. The average Bonchev–Trinajstić information content (AvgIpc) is 2.87. The van der Waals surface area contributed by atoms with Crippen molar-refractivity contribution in [3.63, 3.8) is 0 Å². The van der Waals surface area contributed by atoms with Crippen LogP contribution in [0.15, 0.2) is 0 Å². The Morgan fingerprint density at radius 2 is 2.07 bits per heavy atom. The molecule has 1 aliphatic heterocycles. The number of likely N-dealkylation sites (tertiary alicyclic amines) is 1. The van der Waals surface area contributed by atoms with Gasteiger partial charge in [0.25, 0.3) is 0 Å². The normalized spacial score (nSPS) is 33.6. The lowest BCUT2D eigenvalue weighted by atomic mass is 10.1. The largest absolute Gasteiger partial charge is 0.389 e. The number of nitrogens with one attached hydrogen (secondary N) is 1. The molecule has 2 N–H and O–H groups in total. The van der Waals surface area contributed by atoms with Crippen LogP contribution in [0.4, 0.5) is 0 Å². The van der Waals surface area contributed by atoms with Crippen molar-refractivity contribution in [2.45, 2.75) is 63.8 Å². The van der Waals surface area contributed by atoms with Gasteiger partial charge >= 0.3 is 0 Å². The van der Waals surface area contributed by atoms with Gasteiger partial charge in [0.1, 0.15) is 0 Å². The minimum absolute atomic E-state index is 0.576. The van der Waals surface area contributed by atoms with Gasteiger partial charge in [-0.15, -0.1) is 0 Å². The van der Waals surface area contributed by atoms with Crippen molar-refractivity contribution in [1.29, 1.82) is 0 Å². The Labute approximate surface area is 92.8 Å². The zero-order valence-corrected chi connectivity index (χ0v) is 10.2. The second-order valence-corrected chi connectivity index (χ2v) is 5.90. The van der Waals surface area contributed by atoms with Gasteiger partial charge in [-0.3, -0.25) is 4.90 Å². The molecule has 1 saturated carbocycles. The molecule has 0 aromatic rings. The van der Waals surface area contributed by atoms with E-state index in [0.29, 0.717) is 12.6 Å². The van der Waals surface area contributed by atoms with E-state index in [9.17, 15) is 5.11 Å². The zero-order valence-electron chi connectivity index (χ0n) is 10.2. The molecule has 15 heavy (non-hydrogen) atoms. The average molecular weight is 212 g/mol. The highest BCUT2D eigenvalue weighted by Crippen LogP contribution is 2.33. The molecule has 0 amide bonds. The highest BCUT2D eigenvalue weighted by Gasteiger charge is 2.38.